The minimum absolute atomic E-state index is 0.119. The van der Waals surface area contributed by atoms with Crippen molar-refractivity contribution in [2.45, 2.75) is 44.6 Å². The maximum absolute atomic E-state index is 12.4. The first-order valence-corrected chi connectivity index (χ1v) is 11.5. The summed E-state index contributed by atoms with van der Waals surface area (Å²) in [5.41, 5.74) is 1.76. The molecular formula is C24H30N8O2. The van der Waals surface area contributed by atoms with Crippen LogP contribution in [0.1, 0.15) is 37.8 Å². The molecule has 0 aliphatic carbocycles. The van der Waals surface area contributed by atoms with Gasteiger partial charge >= 0.3 is 0 Å². The van der Waals surface area contributed by atoms with Crippen LogP contribution in [0.15, 0.2) is 42.9 Å². The number of carbonyl (C=O) groups excluding carboxylic acids is 1. The van der Waals surface area contributed by atoms with E-state index in [1.165, 1.54) is 6.33 Å². The largest absolute Gasteiger partial charge is 0.364 e. The molecule has 3 aromatic rings. The van der Waals surface area contributed by atoms with E-state index in [2.05, 4.69) is 31.0 Å². The Hall–Kier alpha value is -3.34. The third-order valence-electron chi connectivity index (χ3n) is 6.50. The molecule has 1 saturated heterocycles. The Kier molecular flexibility index (Phi) is 5.59. The number of fused-ring (bicyclic) bond motifs is 1. The Morgan fingerprint density at radius 1 is 1.21 bits per heavy atom. The van der Waals surface area contributed by atoms with Crippen molar-refractivity contribution < 1.29 is 9.90 Å². The van der Waals surface area contributed by atoms with Crippen molar-refractivity contribution in [2.75, 3.05) is 23.3 Å². The van der Waals surface area contributed by atoms with Crippen LogP contribution in [0.5, 0.6) is 0 Å². The fourth-order valence-corrected chi connectivity index (χ4v) is 4.80. The molecule has 3 atom stereocenters. The maximum atomic E-state index is 12.4. The molecule has 2 unspecified atom stereocenters. The average Bonchev–Trinajstić information content (AvgIpc) is 3.38. The third-order valence-corrected chi connectivity index (χ3v) is 6.50. The Morgan fingerprint density at radius 2 is 1.97 bits per heavy atom. The van der Waals surface area contributed by atoms with Gasteiger partial charge in [-0.2, -0.15) is 5.10 Å². The Morgan fingerprint density at radius 3 is 2.65 bits per heavy atom. The molecule has 1 aromatic carbocycles. The van der Waals surface area contributed by atoms with Gasteiger partial charge in [0.25, 0.3) is 0 Å². The number of hydrogen-bond acceptors (Lipinski definition) is 8. The lowest BCUT2D eigenvalue weighted by atomic mass is 9.92. The van der Waals surface area contributed by atoms with Crippen LogP contribution in [0.25, 0.3) is 11.3 Å². The van der Waals surface area contributed by atoms with Crippen molar-refractivity contribution in [3.05, 3.63) is 54.0 Å². The summed E-state index contributed by atoms with van der Waals surface area (Å²) in [5.74, 6) is 0.534. The molecule has 1 amide bonds. The molecular weight excluding hydrogens is 432 g/mol. The predicted octanol–water partition coefficient (Wildman–Crippen LogP) is 1.51. The van der Waals surface area contributed by atoms with Gasteiger partial charge in [-0.05, 0) is 26.8 Å². The van der Waals surface area contributed by atoms with Crippen molar-refractivity contribution in [3.63, 3.8) is 0 Å². The summed E-state index contributed by atoms with van der Waals surface area (Å²) in [6.07, 6.45) is 2.86. The molecule has 0 saturated carbocycles. The first kappa shape index (κ1) is 22.5. The molecule has 2 aliphatic heterocycles. The number of aliphatic hydroxyl groups is 1. The van der Waals surface area contributed by atoms with Gasteiger partial charge in [-0.15, -0.1) is 0 Å². The fraction of sp³-hybridized carbons (Fsp3) is 0.417. The molecule has 1 fully saturated rings. The second-order valence-corrected chi connectivity index (χ2v) is 9.21. The summed E-state index contributed by atoms with van der Waals surface area (Å²) < 4.78 is 1.76. The van der Waals surface area contributed by atoms with Crippen LogP contribution in [0.2, 0.25) is 0 Å². The number of nitrogens with one attached hydrogen (secondary N) is 3. The van der Waals surface area contributed by atoms with E-state index in [1.807, 2.05) is 69.2 Å². The fourth-order valence-electron chi connectivity index (χ4n) is 4.80. The summed E-state index contributed by atoms with van der Waals surface area (Å²) >= 11 is 0. The van der Waals surface area contributed by atoms with Gasteiger partial charge in [0.2, 0.25) is 5.91 Å². The molecule has 10 nitrogen and oxygen atoms in total. The lowest BCUT2D eigenvalue weighted by molar-refractivity contribution is -0.116. The summed E-state index contributed by atoms with van der Waals surface area (Å²) in [6, 6.07) is 9.85. The number of carbonyl (C=O) groups is 1. The van der Waals surface area contributed by atoms with Gasteiger partial charge in [0.15, 0.2) is 5.72 Å². The molecule has 34 heavy (non-hydrogen) atoms. The molecule has 0 bridgehead atoms. The first-order valence-electron chi connectivity index (χ1n) is 11.5. The highest BCUT2D eigenvalue weighted by Gasteiger charge is 2.49. The van der Waals surface area contributed by atoms with E-state index < -0.39 is 17.8 Å². The second-order valence-electron chi connectivity index (χ2n) is 9.21. The molecule has 4 heterocycles. The molecule has 5 rings (SSSR count). The molecule has 2 aliphatic rings. The topological polar surface area (TPSA) is 120 Å². The average molecular weight is 463 g/mol. The van der Waals surface area contributed by atoms with E-state index in [4.69, 9.17) is 0 Å². The predicted molar refractivity (Wildman–Crippen MR) is 129 cm³/mol. The van der Waals surface area contributed by atoms with Crippen molar-refractivity contribution in [1.82, 2.24) is 30.4 Å². The third kappa shape index (κ3) is 3.64. The standard InChI is InChI=1S/C24H30N8O2/c1-14(2)28-23-24(34,17-7-5-16(6-8-17)18-9-11-31(4)30-18)32(12-10-25-23)21-19-15(3)22(33)29-20(19)26-13-27-21/h5-9,11,13-15,23,25,28,34H,10,12H2,1-4H3,(H,26,27,29,33)/t15?,23?,24-/m1/s1. The van der Waals surface area contributed by atoms with Crippen molar-refractivity contribution in [3.8, 4) is 11.3 Å². The Labute approximate surface area is 198 Å². The highest BCUT2D eigenvalue weighted by molar-refractivity contribution is 6.03. The number of aromatic nitrogens is 4. The van der Waals surface area contributed by atoms with Crippen molar-refractivity contribution in [2.24, 2.45) is 7.05 Å². The zero-order chi connectivity index (χ0) is 24.0. The van der Waals surface area contributed by atoms with Crippen LogP contribution in [0.3, 0.4) is 0 Å². The maximum Gasteiger partial charge on any atom is 0.233 e. The highest BCUT2D eigenvalue weighted by atomic mass is 16.3. The van der Waals surface area contributed by atoms with Crippen LogP contribution in [0.4, 0.5) is 11.6 Å². The van der Waals surface area contributed by atoms with Crippen LogP contribution >= 0.6 is 0 Å². The monoisotopic (exact) mass is 462 g/mol. The zero-order valence-electron chi connectivity index (χ0n) is 19.8. The summed E-state index contributed by atoms with van der Waals surface area (Å²) in [7, 11) is 1.88. The van der Waals surface area contributed by atoms with E-state index >= 15 is 0 Å². The highest BCUT2D eigenvalue weighted by Crippen LogP contribution is 2.42. The molecule has 4 N–H and O–H groups in total. The van der Waals surface area contributed by atoms with E-state index in [0.717, 1.165) is 11.3 Å². The van der Waals surface area contributed by atoms with E-state index in [-0.39, 0.29) is 11.9 Å². The van der Waals surface area contributed by atoms with Gasteiger partial charge in [0.1, 0.15) is 24.1 Å². The number of aryl methyl sites for hydroxylation is 1. The lowest BCUT2D eigenvalue weighted by Crippen LogP contribution is -2.71. The molecule has 2 aromatic heterocycles. The van der Waals surface area contributed by atoms with Gasteiger partial charge in [-0.1, -0.05) is 24.3 Å². The summed E-state index contributed by atoms with van der Waals surface area (Å²) in [6.45, 7) is 7.05. The quantitative estimate of drug-likeness (QED) is 0.450. The van der Waals surface area contributed by atoms with Crippen molar-refractivity contribution >= 4 is 17.5 Å². The van der Waals surface area contributed by atoms with E-state index in [0.29, 0.717) is 35.9 Å². The van der Waals surface area contributed by atoms with Crippen LogP contribution < -0.4 is 20.9 Å². The van der Waals surface area contributed by atoms with Gasteiger partial charge < -0.3 is 15.3 Å². The lowest BCUT2D eigenvalue weighted by Gasteiger charge is -2.50. The number of amides is 1. The first-order chi connectivity index (χ1) is 16.3. The zero-order valence-corrected chi connectivity index (χ0v) is 19.8. The number of piperazine rings is 1. The van der Waals surface area contributed by atoms with Gasteiger partial charge in [-0.25, -0.2) is 9.97 Å². The minimum atomic E-state index is -1.47. The normalized spacial score (nSPS) is 24.4. The van der Waals surface area contributed by atoms with Crippen molar-refractivity contribution in [1.29, 1.82) is 0 Å². The number of rotatable bonds is 5. The second kappa shape index (κ2) is 8.46. The van der Waals surface area contributed by atoms with Crippen LogP contribution in [0, 0.1) is 0 Å². The van der Waals surface area contributed by atoms with Gasteiger partial charge in [-0.3, -0.25) is 20.1 Å². The summed E-state index contributed by atoms with van der Waals surface area (Å²) in [4.78, 5) is 23.1. The minimum Gasteiger partial charge on any atom is -0.364 e. The van der Waals surface area contributed by atoms with Crippen LogP contribution in [-0.2, 0) is 17.6 Å². The van der Waals surface area contributed by atoms with Gasteiger partial charge in [0.05, 0.1) is 11.6 Å². The number of anilines is 2. The molecule has 0 radical (unpaired) electrons. The molecule has 10 heteroatoms. The number of benzene rings is 1. The Balaban J connectivity index is 1.61. The SMILES string of the molecule is CC(C)NC1NCCN(c2ncnc3c2C(C)C(=O)N3)[C@@]1(O)c1ccc(-c2ccn(C)n2)cc1. The Bertz CT molecular complexity index is 1210. The van der Waals surface area contributed by atoms with E-state index in [9.17, 15) is 9.90 Å². The van der Waals surface area contributed by atoms with Gasteiger partial charge in [0, 0.05) is 49.1 Å². The smallest absolute Gasteiger partial charge is 0.233 e. The number of hydrogen-bond donors (Lipinski definition) is 4. The molecule has 0 spiro atoms. The van der Waals surface area contributed by atoms with E-state index in [1.54, 1.807) is 4.68 Å². The molecule has 178 valence electrons. The number of nitrogens with zero attached hydrogens (tertiary/aromatic N) is 5. The summed E-state index contributed by atoms with van der Waals surface area (Å²) in [5, 5.41) is 26.6. The van der Waals surface area contributed by atoms with Crippen LogP contribution in [-0.4, -0.2) is 56.1 Å².